The van der Waals surface area contributed by atoms with Crippen LogP contribution < -0.4 is 0 Å². The molecule has 3 aliphatic carbocycles. The fraction of sp³-hybridized carbons (Fsp3) is 0.778. The van der Waals surface area contributed by atoms with Gasteiger partial charge in [0, 0.05) is 39.0 Å². The Morgan fingerprint density at radius 3 is 1.97 bits per heavy atom. The first-order chi connectivity index (χ1) is 17.3. The summed E-state index contributed by atoms with van der Waals surface area (Å²) in [4.78, 5) is 51.8. The fourth-order valence-electron chi connectivity index (χ4n) is 7.32. The van der Waals surface area contributed by atoms with Crippen molar-refractivity contribution in [3.05, 3.63) is 11.1 Å². The smallest absolute Gasteiger partial charge is 0.303 e. The molecule has 0 saturated heterocycles. The third-order valence-corrected chi connectivity index (χ3v) is 9.33. The summed E-state index contributed by atoms with van der Waals surface area (Å²) >= 11 is 0. The molecule has 4 N–H and O–H groups in total. The van der Waals surface area contributed by atoms with Crippen molar-refractivity contribution < 1.29 is 53.8 Å². The summed E-state index contributed by atoms with van der Waals surface area (Å²) < 4.78 is 17.1. The quantitative estimate of drug-likeness (QED) is 0.225. The van der Waals surface area contributed by atoms with Crippen LogP contribution >= 0.6 is 0 Å². The normalized spacial score (nSPS) is 42.4. The van der Waals surface area contributed by atoms with E-state index in [1.807, 2.05) is 0 Å². The van der Waals surface area contributed by atoms with Gasteiger partial charge in [0.15, 0.2) is 11.9 Å². The van der Waals surface area contributed by atoms with E-state index in [4.69, 9.17) is 14.2 Å². The molecule has 38 heavy (non-hydrogen) atoms. The van der Waals surface area contributed by atoms with Crippen molar-refractivity contribution in [2.45, 2.75) is 116 Å². The highest BCUT2D eigenvalue weighted by molar-refractivity contribution is 5.95. The molecule has 0 radical (unpaired) electrons. The molecule has 0 amide bonds. The lowest BCUT2D eigenvalue weighted by Crippen LogP contribution is -2.77. The first-order valence-electron chi connectivity index (χ1n) is 12.9. The minimum atomic E-state index is -2.13. The number of hydrogen-bond acceptors (Lipinski definition) is 11. The molecule has 214 valence electrons. The van der Waals surface area contributed by atoms with Crippen molar-refractivity contribution in [1.82, 2.24) is 0 Å². The van der Waals surface area contributed by atoms with Gasteiger partial charge < -0.3 is 34.6 Å². The lowest BCUT2D eigenvalue weighted by Gasteiger charge is -2.64. The fourth-order valence-corrected chi connectivity index (χ4v) is 7.32. The number of ketones is 1. The van der Waals surface area contributed by atoms with E-state index in [0.29, 0.717) is 5.57 Å². The molecular weight excluding hydrogens is 500 g/mol. The Kier molecular flexibility index (Phi) is 7.70. The van der Waals surface area contributed by atoms with Gasteiger partial charge in [0.05, 0.1) is 29.6 Å². The summed E-state index contributed by atoms with van der Waals surface area (Å²) in [6.07, 6.45) is -8.51. The van der Waals surface area contributed by atoms with Crippen molar-refractivity contribution >= 4 is 23.7 Å². The van der Waals surface area contributed by atoms with E-state index in [-0.39, 0.29) is 24.8 Å². The van der Waals surface area contributed by atoms with Gasteiger partial charge in [-0.05, 0) is 31.4 Å². The summed E-state index contributed by atoms with van der Waals surface area (Å²) in [5, 5.41) is 46.4. The Labute approximate surface area is 222 Å². The van der Waals surface area contributed by atoms with Gasteiger partial charge in [0.25, 0.3) is 0 Å². The topological polar surface area (TPSA) is 177 Å². The number of aliphatic hydroxyl groups excluding tert-OH is 3. The maximum atomic E-state index is 14.6. The van der Waals surface area contributed by atoms with Crippen LogP contribution in [0.3, 0.4) is 0 Å². The van der Waals surface area contributed by atoms with Crippen LogP contribution in [0.2, 0.25) is 0 Å². The van der Waals surface area contributed by atoms with Gasteiger partial charge in [-0.2, -0.15) is 0 Å². The lowest BCUT2D eigenvalue weighted by molar-refractivity contribution is -0.288. The van der Waals surface area contributed by atoms with Crippen molar-refractivity contribution in [3.8, 4) is 0 Å². The number of hydrogen-bond donors (Lipinski definition) is 4. The summed E-state index contributed by atoms with van der Waals surface area (Å²) in [7, 11) is 0. The minimum absolute atomic E-state index is 0.0786. The minimum Gasteiger partial charge on any atom is -0.459 e. The molecule has 3 unspecified atom stereocenters. The van der Waals surface area contributed by atoms with E-state index in [9.17, 15) is 39.6 Å². The highest BCUT2D eigenvalue weighted by atomic mass is 16.6. The van der Waals surface area contributed by atoms with Crippen LogP contribution in [0.4, 0.5) is 0 Å². The van der Waals surface area contributed by atoms with E-state index >= 15 is 0 Å². The number of fused-ring (bicyclic) bond motifs is 3. The average Bonchev–Trinajstić information content (AvgIpc) is 2.78. The molecule has 0 aromatic carbocycles. The van der Waals surface area contributed by atoms with Gasteiger partial charge in [-0.3, -0.25) is 19.2 Å². The second-order valence-electron chi connectivity index (χ2n) is 11.7. The largest absolute Gasteiger partial charge is 0.459 e. The summed E-state index contributed by atoms with van der Waals surface area (Å²) in [5.74, 6) is -4.75. The molecule has 11 nitrogen and oxygen atoms in total. The molecule has 0 aromatic heterocycles. The van der Waals surface area contributed by atoms with Crippen LogP contribution in [0.5, 0.6) is 0 Å². The monoisotopic (exact) mass is 540 g/mol. The highest BCUT2D eigenvalue weighted by Crippen LogP contribution is 2.62. The van der Waals surface area contributed by atoms with Gasteiger partial charge in [0.2, 0.25) is 0 Å². The van der Waals surface area contributed by atoms with Gasteiger partial charge in [-0.25, -0.2) is 0 Å². The van der Waals surface area contributed by atoms with Crippen LogP contribution in [-0.4, -0.2) is 85.8 Å². The first kappa shape index (κ1) is 30.2. The molecule has 0 aliphatic heterocycles. The average molecular weight is 541 g/mol. The standard InChI is InChI=1S/C27H40O11/c1-9-26(38-15(5)30)18(33)10-17(32)25(8)21(26)23(37-14(4)29)27(35)11-16(31)12(2)19(24(27,6)7)20(22(25)34)36-13(3)28/h16-18,20-21,23,31-33,35H,9-11H2,1-8H3/t16?,17-,18+,20+,21?,23?,25+,26-,27+/m0/s1. The molecule has 11 heteroatoms. The Bertz CT molecular complexity index is 1060. The van der Waals surface area contributed by atoms with Crippen LogP contribution in [0, 0.1) is 16.7 Å². The van der Waals surface area contributed by atoms with Crippen LogP contribution in [0.1, 0.15) is 74.7 Å². The molecule has 3 rings (SSSR count). The number of esters is 3. The van der Waals surface area contributed by atoms with E-state index in [1.54, 1.807) is 27.7 Å². The van der Waals surface area contributed by atoms with Crippen molar-refractivity contribution in [1.29, 1.82) is 0 Å². The van der Waals surface area contributed by atoms with E-state index in [0.717, 1.165) is 20.8 Å². The van der Waals surface area contributed by atoms with E-state index < -0.39 is 82.2 Å². The molecule has 0 aromatic rings. The molecule has 9 atom stereocenters. The second kappa shape index (κ2) is 9.69. The molecule has 0 spiro atoms. The maximum Gasteiger partial charge on any atom is 0.303 e. The number of carbonyl (C=O) groups is 4. The van der Waals surface area contributed by atoms with Crippen LogP contribution in [0.25, 0.3) is 0 Å². The van der Waals surface area contributed by atoms with Crippen LogP contribution in [-0.2, 0) is 33.4 Å². The summed E-state index contributed by atoms with van der Waals surface area (Å²) in [6.45, 7) is 11.0. The van der Waals surface area contributed by atoms with Gasteiger partial charge in [0.1, 0.15) is 17.3 Å². The van der Waals surface area contributed by atoms with Crippen molar-refractivity contribution in [3.63, 3.8) is 0 Å². The third-order valence-electron chi connectivity index (χ3n) is 9.33. The lowest BCUT2D eigenvalue weighted by atomic mass is 9.45. The Morgan fingerprint density at radius 2 is 1.50 bits per heavy atom. The third kappa shape index (κ3) is 4.09. The Balaban J connectivity index is 2.55. The Morgan fingerprint density at radius 1 is 0.947 bits per heavy atom. The number of rotatable bonds is 4. The molecule has 0 heterocycles. The predicted octanol–water partition coefficient (Wildman–Crippen LogP) is 0.731. The molecule has 2 saturated carbocycles. The van der Waals surface area contributed by atoms with Crippen LogP contribution in [0.15, 0.2) is 11.1 Å². The SMILES string of the molecule is CC[C@@]1(OC(C)=O)C2C(OC(C)=O)[C@]3(O)CC(O)C(C)=C([C@@H](OC(C)=O)C(=O)[C@]2(C)[C@@H](O)C[C@H]1O)C3(C)C. The van der Waals surface area contributed by atoms with E-state index in [2.05, 4.69) is 0 Å². The number of aliphatic hydroxyl groups is 4. The molecule has 2 bridgehead atoms. The van der Waals surface area contributed by atoms with Gasteiger partial charge >= 0.3 is 17.9 Å². The van der Waals surface area contributed by atoms with Gasteiger partial charge in [-0.15, -0.1) is 0 Å². The van der Waals surface area contributed by atoms with Gasteiger partial charge in [-0.1, -0.05) is 20.8 Å². The van der Waals surface area contributed by atoms with E-state index in [1.165, 1.54) is 6.92 Å². The predicted molar refractivity (Wildman–Crippen MR) is 131 cm³/mol. The van der Waals surface area contributed by atoms with Crippen molar-refractivity contribution in [2.24, 2.45) is 16.7 Å². The molecule has 3 aliphatic rings. The number of Topliss-reactive ketones (excluding diaryl/α,β-unsaturated/α-hetero) is 1. The number of ether oxygens (including phenoxy) is 3. The molecular formula is C27H40O11. The zero-order valence-electron chi connectivity index (χ0n) is 23.2. The zero-order valence-corrected chi connectivity index (χ0v) is 23.2. The van der Waals surface area contributed by atoms with Crippen molar-refractivity contribution in [2.75, 3.05) is 0 Å². The zero-order chi connectivity index (χ0) is 29.2. The highest BCUT2D eigenvalue weighted by Gasteiger charge is 2.75. The summed E-state index contributed by atoms with van der Waals surface area (Å²) in [5.41, 5.74) is -7.01. The molecule has 2 fully saturated rings. The summed E-state index contributed by atoms with van der Waals surface area (Å²) in [6, 6.07) is 0. The first-order valence-corrected chi connectivity index (χ1v) is 12.9. The Hall–Kier alpha value is -2.34. The number of carbonyl (C=O) groups excluding carboxylic acids is 4. The maximum absolute atomic E-state index is 14.6. The second-order valence-corrected chi connectivity index (χ2v) is 11.7.